The maximum atomic E-state index is 12.2. The summed E-state index contributed by atoms with van der Waals surface area (Å²) in [5.41, 5.74) is 2.73. The van der Waals surface area contributed by atoms with Gasteiger partial charge in [-0.05, 0) is 38.8 Å². The molecule has 0 aliphatic heterocycles. The van der Waals surface area contributed by atoms with Crippen LogP contribution in [0.25, 0.3) is 0 Å². The summed E-state index contributed by atoms with van der Waals surface area (Å²) in [4.78, 5) is 12.2. The first-order valence-corrected chi connectivity index (χ1v) is 7.34. The van der Waals surface area contributed by atoms with Crippen molar-refractivity contribution in [2.45, 2.75) is 39.4 Å². The molecule has 0 heterocycles. The number of aryl methyl sites for hydroxylation is 2. The Hall–Kier alpha value is -0.960. The van der Waals surface area contributed by atoms with E-state index in [1.165, 1.54) is 0 Å². The maximum absolute atomic E-state index is 12.2. The van der Waals surface area contributed by atoms with Gasteiger partial charge in [0.15, 0.2) is 5.78 Å². The molecule has 0 saturated heterocycles. The number of carbonyl (C=O) groups excluding carboxylic acids is 1. The van der Waals surface area contributed by atoms with Gasteiger partial charge in [-0.3, -0.25) is 9.00 Å². The van der Waals surface area contributed by atoms with Crippen molar-refractivity contribution in [3.8, 4) is 0 Å². The van der Waals surface area contributed by atoms with Crippen LogP contribution in [0.4, 0.5) is 0 Å². The summed E-state index contributed by atoms with van der Waals surface area (Å²) in [6, 6.07) is 5.81. The third-order valence-electron chi connectivity index (χ3n) is 2.83. The van der Waals surface area contributed by atoms with Gasteiger partial charge in [0.1, 0.15) is 0 Å². The van der Waals surface area contributed by atoms with Gasteiger partial charge in [-0.1, -0.05) is 24.6 Å². The minimum Gasteiger partial charge on any atom is -0.293 e. The van der Waals surface area contributed by atoms with E-state index in [1.807, 2.05) is 39.0 Å². The second kappa shape index (κ2) is 6.10. The van der Waals surface area contributed by atoms with E-state index in [2.05, 4.69) is 0 Å². The van der Waals surface area contributed by atoms with Crippen molar-refractivity contribution in [1.82, 2.24) is 0 Å². The number of rotatable bonds is 5. The highest BCUT2D eigenvalue weighted by Crippen LogP contribution is 2.15. The predicted octanol–water partition coefficient (Wildman–Crippen LogP) is 3.03. The Morgan fingerprint density at radius 2 is 2.00 bits per heavy atom. The summed E-state index contributed by atoms with van der Waals surface area (Å²) < 4.78 is 11.8. The lowest BCUT2D eigenvalue weighted by molar-refractivity contribution is 0.0992. The molecule has 0 saturated carbocycles. The third kappa shape index (κ3) is 3.50. The first-order valence-electron chi connectivity index (χ1n) is 5.96. The number of Topliss-reactive ketones (excluding diaryl/α,β-unsaturated/α-hetero) is 1. The van der Waals surface area contributed by atoms with E-state index in [-0.39, 0.29) is 5.78 Å². The van der Waals surface area contributed by atoms with E-state index in [0.717, 1.165) is 17.5 Å². The molecule has 2 atom stereocenters. The lowest BCUT2D eigenvalue weighted by Gasteiger charge is -2.12. The Labute approximate surface area is 106 Å². The van der Waals surface area contributed by atoms with Crippen molar-refractivity contribution in [3.63, 3.8) is 0 Å². The van der Waals surface area contributed by atoms with Gasteiger partial charge in [-0.15, -0.1) is 0 Å². The quantitative estimate of drug-likeness (QED) is 0.755. The van der Waals surface area contributed by atoms with Crippen LogP contribution in [0.1, 0.15) is 41.8 Å². The van der Waals surface area contributed by atoms with Crippen LogP contribution in [0.2, 0.25) is 0 Å². The Bertz CT molecular complexity index is 438. The van der Waals surface area contributed by atoms with Gasteiger partial charge in [0.2, 0.25) is 0 Å². The average molecular weight is 252 g/mol. The van der Waals surface area contributed by atoms with Crippen LogP contribution >= 0.6 is 0 Å². The van der Waals surface area contributed by atoms with Gasteiger partial charge in [-0.2, -0.15) is 0 Å². The Morgan fingerprint density at radius 1 is 1.35 bits per heavy atom. The third-order valence-corrected chi connectivity index (χ3v) is 4.64. The zero-order valence-corrected chi connectivity index (χ0v) is 11.8. The van der Waals surface area contributed by atoms with Crippen molar-refractivity contribution in [3.05, 3.63) is 34.9 Å². The monoisotopic (exact) mass is 252 g/mol. The molecule has 0 N–H and O–H groups in total. The van der Waals surface area contributed by atoms with Crippen molar-refractivity contribution in [2.24, 2.45) is 0 Å². The van der Waals surface area contributed by atoms with E-state index in [1.54, 1.807) is 6.92 Å². The van der Waals surface area contributed by atoms with Gasteiger partial charge in [-0.25, -0.2) is 0 Å². The Morgan fingerprint density at radius 3 is 2.59 bits per heavy atom. The smallest absolute Gasteiger partial charge is 0.178 e. The molecule has 0 amide bonds. The van der Waals surface area contributed by atoms with E-state index < -0.39 is 16.0 Å². The SMILES string of the molecule is CCCS(=O)C(C)C(=O)c1cc(C)ccc1C. The summed E-state index contributed by atoms with van der Waals surface area (Å²) >= 11 is 0. The lowest BCUT2D eigenvalue weighted by Crippen LogP contribution is -2.25. The molecule has 0 radical (unpaired) electrons. The molecular formula is C14H20O2S. The van der Waals surface area contributed by atoms with Crippen LogP contribution in [0, 0.1) is 13.8 Å². The highest BCUT2D eigenvalue weighted by molar-refractivity contribution is 7.86. The fourth-order valence-corrected chi connectivity index (χ4v) is 2.84. The van der Waals surface area contributed by atoms with Gasteiger partial charge in [0, 0.05) is 22.1 Å². The zero-order chi connectivity index (χ0) is 13.0. The van der Waals surface area contributed by atoms with Crippen LogP contribution in [-0.4, -0.2) is 21.0 Å². The van der Waals surface area contributed by atoms with Gasteiger partial charge in [0.05, 0.1) is 5.25 Å². The van der Waals surface area contributed by atoms with Crippen LogP contribution in [0.5, 0.6) is 0 Å². The first kappa shape index (κ1) is 14.1. The van der Waals surface area contributed by atoms with E-state index >= 15 is 0 Å². The second-order valence-corrected chi connectivity index (χ2v) is 6.29. The van der Waals surface area contributed by atoms with E-state index in [9.17, 15) is 9.00 Å². The minimum atomic E-state index is -1.06. The molecule has 1 aromatic carbocycles. The molecule has 0 aromatic heterocycles. The molecular weight excluding hydrogens is 232 g/mol. The van der Waals surface area contributed by atoms with E-state index in [4.69, 9.17) is 0 Å². The van der Waals surface area contributed by atoms with Crippen LogP contribution in [-0.2, 0) is 10.8 Å². The maximum Gasteiger partial charge on any atom is 0.178 e. The molecule has 1 rings (SSSR count). The molecule has 3 heteroatoms. The molecule has 0 fully saturated rings. The number of carbonyl (C=O) groups is 1. The van der Waals surface area contributed by atoms with Crippen LogP contribution in [0.15, 0.2) is 18.2 Å². The average Bonchev–Trinajstić information content (AvgIpc) is 2.30. The zero-order valence-electron chi connectivity index (χ0n) is 10.9. The normalized spacial score (nSPS) is 14.4. The van der Waals surface area contributed by atoms with Crippen molar-refractivity contribution in [2.75, 3.05) is 5.75 Å². The highest BCUT2D eigenvalue weighted by Gasteiger charge is 2.22. The molecule has 2 nitrogen and oxygen atoms in total. The number of benzene rings is 1. The molecule has 2 unspecified atom stereocenters. The first-order chi connectivity index (χ1) is 7.97. The topological polar surface area (TPSA) is 34.1 Å². The molecule has 17 heavy (non-hydrogen) atoms. The van der Waals surface area contributed by atoms with Crippen LogP contribution < -0.4 is 0 Å². The number of hydrogen-bond donors (Lipinski definition) is 0. The van der Waals surface area contributed by atoms with Crippen molar-refractivity contribution >= 4 is 16.6 Å². The summed E-state index contributed by atoms with van der Waals surface area (Å²) in [7, 11) is -1.06. The number of ketones is 1. The fraction of sp³-hybridized carbons (Fsp3) is 0.500. The largest absolute Gasteiger partial charge is 0.293 e. The second-order valence-electron chi connectivity index (χ2n) is 4.41. The molecule has 94 valence electrons. The summed E-state index contributed by atoms with van der Waals surface area (Å²) in [6.45, 7) is 7.62. The van der Waals surface area contributed by atoms with Gasteiger partial charge >= 0.3 is 0 Å². The summed E-state index contributed by atoms with van der Waals surface area (Å²) in [5.74, 6) is 0.593. The van der Waals surface area contributed by atoms with Crippen molar-refractivity contribution < 1.29 is 9.00 Å². The highest BCUT2D eigenvalue weighted by atomic mass is 32.2. The van der Waals surface area contributed by atoms with Crippen molar-refractivity contribution in [1.29, 1.82) is 0 Å². The summed E-state index contributed by atoms with van der Waals surface area (Å²) in [5, 5.41) is -0.407. The Balaban J connectivity index is 2.96. The molecule has 0 spiro atoms. The van der Waals surface area contributed by atoms with Gasteiger partial charge in [0.25, 0.3) is 0 Å². The van der Waals surface area contributed by atoms with Crippen LogP contribution in [0.3, 0.4) is 0 Å². The van der Waals surface area contributed by atoms with Gasteiger partial charge < -0.3 is 0 Å². The molecule has 0 bridgehead atoms. The minimum absolute atomic E-state index is 0.00187. The fourth-order valence-electron chi connectivity index (χ4n) is 1.72. The number of hydrogen-bond acceptors (Lipinski definition) is 2. The molecule has 1 aromatic rings. The van der Waals surface area contributed by atoms with E-state index in [0.29, 0.717) is 11.3 Å². The summed E-state index contributed by atoms with van der Waals surface area (Å²) in [6.07, 6.45) is 0.844. The molecule has 0 aliphatic carbocycles. The standard InChI is InChI=1S/C14H20O2S/c1-5-8-17(16)12(4)14(15)13-9-10(2)6-7-11(13)3/h6-7,9,12H,5,8H2,1-4H3. The Kier molecular flexibility index (Phi) is 5.06. The predicted molar refractivity (Wildman–Crippen MR) is 73.0 cm³/mol. The lowest BCUT2D eigenvalue weighted by atomic mass is 10.0. The molecule has 0 aliphatic rings.